The topological polar surface area (TPSA) is 158 Å². The van der Waals surface area contributed by atoms with Crippen molar-refractivity contribution in [2.24, 2.45) is 0 Å². The van der Waals surface area contributed by atoms with Crippen LogP contribution >= 0.6 is 24.0 Å². The molecule has 26 heavy (non-hydrogen) atoms. The molecule has 0 bridgehead atoms. The van der Waals surface area contributed by atoms with Crippen molar-refractivity contribution in [2.45, 2.75) is 4.90 Å². The Morgan fingerprint density at radius 3 is 2.19 bits per heavy atom. The molecule has 12 heteroatoms. The standard InChI is InChI=1S/C14H7ClN2O7S.ClH/c15-5-1-2-6-7(3-5)14(19)11-10(13(6)18)8(17(20)21)4-9(12(11)16)25(22,23)24;/h1-4H,16H2,(H,22,23,24);1H. The SMILES string of the molecule is Cl.Nc1c(S(=O)(=O)O)cc([N+](=O)[O-])c2c1C(=O)c1cc(Cl)ccc1C2=O. The summed E-state index contributed by atoms with van der Waals surface area (Å²) in [7, 11) is -4.97. The Balaban J connectivity index is 0.00000243. The van der Waals surface area contributed by atoms with Crippen LogP contribution in [0.1, 0.15) is 31.8 Å². The average molecular weight is 419 g/mol. The van der Waals surface area contributed by atoms with Gasteiger partial charge in [-0.25, -0.2) is 0 Å². The Bertz CT molecular complexity index is 1110. The molecule has 0 heterocycles. The van der Waals surface area contributed by atoms with Crippen LogP contribution in [0.2, 0.25) is 5.02 Å². The molecule has 3 rings (SSSR count). The fourth-order valence-corrected chi connectivity index (χ4v) is 3.47. The summed E-state index contributed by atoms with van der Waals surface area (Å²) in [5, 5.41) is 11.4. The molecule has 0 aromatic heterocycles. The molecule has 0 atom stereocenters. The zero-order chi connectivity index (χ0) is 18.7. The van der Waals surface area contributed by atoms with Crippen molar-refractivity contribution in [3.05, 3.63) is 61.7 Å². The van der Waals surface area contributed by atoms with Gasteiger partial charge in [-0.3, -0.25) is 24.3 Å². The zero-order valence-corrected chi connectivity index (χ0v) is 14.8. The number of rotatable bonds is 2. The Kier molecular flexibility index (Phi) is 4.81. The maximum atomic E-state index is 12.7. The largest absolute Gasteiger partial charge is 0.397 e. The van der Waals surface area contributed by atoms with Crippen molar-refractivity contribution >= 4 is 57.1 Å². The molecule has 2 aromatic rings. The highest BCUT2D eigenvalue weighted by atomic mass is 35.5. The second kappa shape index (κ2) is 6.32. The second-order valence-corrected chi connectivity index (χ2v) is 6.96. The number of nitrogens with zero attached hydrogens (tertiary/aromatic N) is 1. The lowest BCUT2D eigenvalue weighted by atomic mass is 9.82. The van der Waals surface area contributed by atoms with Crippen molar-refractivity contribution in [1.29, 1.82) is 0 Å². The number of anilines is 1. The van der Waals surface area contributed by atoms with E-state index in [9.17, 15) is 32.7 Å². The van der Waals surface area contributed by atoms with Gasteiger partial charge in [0.25, 0.3) is 15.8 Å². The predicted octanol–water partition coefficient (Wildman–Crippen LogP) is 2.27. The number of nitrogen functional groups attached to an aromatic ring is 1. The number of carbonyl (C=O) groups excluding carboxylic acids is 2. The highest BCUT2D eigenvalue weighted by Crippen LogP contribution is 2.40. The zero-order valence-electron chi connectivity index (χ0n) is 12.4. The lowest BCUT2D eigenvalue weighted by Crippen LogP contribution is -2.25. The highest BCUT2D eigenvalue weighted by molar-refractivity contribution is 7.86. The number of nitrogens with two attached hydrogens (primary N) is 1. The number of fused-ring (bicyclic) bond motifs is 2. The van der Waals surface area contributed by atoms with E-state index in [2.05, 4.69) is 0 Å². The summed E-state index contributed by atoms with van der Waals surface area (Å²) in [5.74, 6) is -1.78. The normalized spacial score (nSPS) is 12.8. The van der Waals surface area contributed by atoms with Crippen LogP contribution in [-0.4, -0.2) is 29.5 Å². The number of ketones is 2. The summed E-state index contributed by atoms with van der Waals surface area (Å²) in [6.45, 7) is 0. The number of carbonyl (C=O) groups is 2. The second-order valence-electron chi connectivity index (χ2n) is 5.14. The van der Waals surface area contributed by atoms with E-state index in [0.717, 1.165) is 0 Å². The van der Waals surface area contributed by atoms with Gasteiger partial charge in [0.15, 0.2) is 5.78 Å². The van der Waals surface area contributed by atoms with E-state index in [1.165, 1.54) is 18.2 Å². The first-order chi connectivity index (χ1) is 11.5. The Hall–Kier alpha value is -2.53. The van der Waals surface area contributed by atoms with Gasteiger partial charge >= 0.3 is 0 Å². The smallest absolute Gasteiger partial charge is 0.296 e. The molecule has 0 spiro atoms. The molecule has 2 aromatic carbocycles. The van der Waals surface area contributed by atoms with E-state index >= 15 is 0 Å². The van der Waals surface area contributed by atoms with Crippen LogP contribution in [0.5, 0.6) is 0 Å². The number of hydrogen-bond donors (Lipinski definition) is 2. The van der Waals surface area contributed by atoms with E-state index in [0.29, 0.717) is 6.07 Å². The van der Waals surface area contributed by atoms with Gasteiger partial charge in [0.2, 0.25) is 5.78 Å². The van der Waals surface area contributed by atoms with Crippen LogP contribution in [0.15, 0.2) is 29.2 Å². The van der Waals surface area contributed by atoms with Gasteiger partial charge in [-0.15, -0.1) is 12.4 Å². The van der Waals surface area contributed by atoms with Crippen molar-refractivity contribution in [1.82, 2.24) is 0 Å². The first kappa shape index (κ1) is 19.8. The quantitative estimate of drug-likeness (QED) is 0.277. The average Bonchev–Trinajstić information content (AvgIpc) is 2.50. The van der Waals surface area contributed by atoms with Crippen molar-refractivity contribution in [3.8, 4) is 0 Å². The molecule has 0 fully saturated rings. The molecular formula is C14H8Cl2N2O7S. The molecule has 3 N–H and O–H groups in total. The molecule has 0 saturated heterocycles. The summed E-state index contributed by atoms with van der Waals surface area (Å²) >= 11 is 5.80. The van der Waals surface area contributed by atoms with Gasteiger partial charge in [0, 0.05) is 22.2 Å². The fraction of sp³-hybridized carbons (Fsp3) is 0. The molecule has 9 nitrogen and oxygen atoms in total. The first-order valence-corrected chi connectivity index (χ1v) is 8.33. The first-order valence-electron chi connectivity index (χ1n) is 6.51. The summed E-state index contributed by atoms with van der Waals surface area (Å²) in [6.07, 6.45) is 0. The van der Waals surface area contributed by atoms with Crippen LogP contribution in [-0.2, 0) is 10.1 Å². The summed E-state index contributed by atoms with van der Waals surface area (Å²) in [6, 6.07) is 4.19. The fourth-order valence-electron chi connectivity index (χ4n) is 2.65. The Morgan fingerprint density at radius 2 is 1.65 bits per heavy atom. The molecule has 0 aliphatic heterocycles. The highest BCUT2D eigenvalue weighted by Gasteiger charge is 2.40. The van der Waals surface area contributed by atoms with Gasteiger partial charge in [0.05, 0.1) is 16.2 Å². The number of nitro benzene ring substituents is 1. The molecule has 1 aliphatic carbocycles. The van der Waals surface area contributed by atoms with Crippen LogP contribution in [0.4, 0.5) is 11.4 Å². The summed E-state index contributed by atoms with van der Waals surface area (Å²) < 4.78 is 32.1. The third-order valence-corrected chi connectivity index (χ3v) is 4.84. The van der Waals surface area contributed by atoms with E-state index in [1.54, 1.807) is 0 Å². The van der Waals surface area contributed by atoms with Crippen molar-refractivity contribution in [3.63, 3.8) is 0 Å². The van der Waals surface area contributed by atoms with Gasteiger partial charge < -0.3 is 5.73 Å². The number of halogens is 2. The van der Waals surface area contributed by atoms with E-state index in [1.807, 2.05) is 0 Å². The molecule has 0 radical (unpaired) electrons. The third kappa shape index (κ3) is 2.82. The maximum absolute atomic E-state index is 12.7. The van der Waals surface area contributed by atoms with Crippen LogP contribution in [0.25, 0.3) is 0 Å². The lowest BCUT2D eigenvalue weighted by Gasteiger charge is -2.20. The monoisotopic (exact) mass is 418 g/mol. The van der Waals surface area contributed by atoms with Crippen LogP contribution < -0.4 is 5.73 Å². The molecule has 136 valence electrons. The van der Waals surface area contributed by atoms with E-state index in [-0.39, 0.29) is 28.6 Å². The molecule has 0 saturated carbocycles. The van der Waals surface area contributed by atoms with Crippen molar-refractivity contribution < 1.29 is 27.5 Å². The minimum absolute atomic E-state index is 0. The molecule has 0 amide bonds. The predicted molar refractivity (Wildman–Crippen MR) is 92.9 cm³/mol. The molecule has 1 aliphatic rings. The molecule has 0 unspecified atom stereocenters. The maximum Gasteiger partial charge on any atom is 0.296 e. The van der Waals surface area contributed by atoms with Gasteiger partial charge in [-0.2, -0.15) is 8.42 Å². The molecular weight excluding hydrogens is 411 g/mol. The lowest BCUT2D eigenvalue weighted by molar-refractivity contribution is -0.385. The van der Waals surface area contributed by atoms with Gasteiger partial charge in [-0.05, 0) is 18.2 Å². The van der Waals surface area contributed by atoms with E-state index < -0.39 is 54.0 Å². The third-order valence-electron chi connectivity index (χ3n) is 3.71. The number of hydrogen-bond acceptors (Lipinski definition) is 7. The van der Waals surface area contributed by atoms with Crippen LogP contribution in [0.3, 0.4) is 0 Å². The van der Waals surface area contributed by atoms with Gasteiger partial charge in [-0.1, -0.05) is 11.6 Å². The van der Waals surface area contributed by atoms with Crippen LogP contribution in [0, 0.1) is 10.1 Å². The minimum Gasteiger partial charge on any atom is -0.397 e. The number of nitro groups is 1. The Morgan fingerprint density at radius 1 is 1.08 bits per heavy atom. The number of benzene rings is 2. The summed E-state index contributed by atoms with van der Waals surface area (Å²) in [5.41, 5.74) is 2.38. The Labute approximate surface area is 157 Å². The summed E-state index contributed by atoms with van der Waals surface area (Å²) in [4.78, 5) is 34.6. The van der Waals surface area contributed by atoms with Gasteiger partial charge in [0.1, 0.15) is 10.5 Å². The minimum atomic E-state index is -4.97. The van der Waals surface area contributed by atoms with E-state index in [4.69, 9.17) is 17.3 Å². The van der Waals surface area contributed by atoms with Crippen molar-refractivity contribution in [2.75, 3.05) is 5.73 Å².